The Morgan fingerprint density at radius 3 is 2.50 bits per heavy atom. The Balaban J connectivity index is 1.54. The summed E-state index contributed by atoms with van der Waals surface area (Å²) in [5.74, 6) is -0.547. The third kappa shape index (κ3) is 5.03. The van der Waals surface area contributed by atoms with Crippen molar-refractivity contribution in [3.8, 4) is 0 Å². The van der Waals surface area contributed by atoms with E-state index >= 15 is 0 Å². The summed E-state index contributed by atoms with van der Waals surface area (Å²) in [7, 11) is 0. The lowest BCUT2D eigenvalue weighted by Crippen LogP contribution is -2.47. The molecule has 34 heavy (non-hydrogen) atoms. The lowest BCUT2D eigenvalue weighted by atomic mass is 10.2. The number of nitrogens with one attached hydrogen (secondary N) is 1. The highest BCUT2D eigenvalue weighted by Gasteiger charge is 2.29. The van der Waals surface area contributed by atoms with Gasteiger partial charge in [0.1, 0.15) is 12.1 Å². The number of carbonyl (C=O) groups excluding carboxylic acids is 1. The Morgan fingerprint density at radius 2 is 1.82 bits per heavy atom. The first-order valence-corrected chi connectivity index (χ1v) is 10.8. The van der Waals surface area contributed by atoms with Crippen LogP contribution in [0.5, 0.6) is 0 Å². The van der Waals surface area contributed by atoms with Crippen molar-refractivity contribution in [2.45, 2.75) is 6.92 Å². The molecule has 0 aliphatic carbocycles. The molecule has 0 atom stereocenters. The monoisotopic (exact) mass is 466 g/mol. The molecule has 1 aliphatic rings. The number of hydrogen-bond acceptors (Lipinski definition) is 9. The van der Waals surface area contributed by atoms with E-state index in [2.05, 4.69) is 20.2 Å². The van der Waals surface area contributed by atoms with Crippen LogP contribution in [0, 0.1) is 15.9 Å². The smallest absolute Gasteiger partial charge is 0.353 e. The van der Waals surface area contributed by atoms with Crippen LogP contribution in [0.2, 0.25) is 0 Å². The Labute approximate surface area is 195 Å². The number of halogens is 1. The molecule has 1 aromatic heterocycles. The van der Waals surface area contributed by atoms with Crippen molar-refractivity contribution in [1.29, 1.82) is 0 Å². The quantitative estimate of drug-likeness (QED) is 0.316. The number of piperazine rings is 1. The number of benzene rings is 2. The number of aromatic nitrogens is 2. The first kappa shape index (κ1) is 22.9. The molecule has 3 aromatic rings. The van der Waals surface area contributed by atoms with Gasteiger partial charge >= 0.3 is 11.7 Å². The largest absolute Gasteiger partial charge is 0.462 e. The van der Waals surface area contributed by atoms with E-state index in [1.807, 2.05) is 4.90 Å². The summed E-state index contributed by atoms with van der Waals surface area (Å²) in [5.41, 5.74) is 1.42. The fourth-order valence-electron chi connectivity index (χ4n) is 3.76. The number of esters is 1. The van der Waals surface area contributed by atoms with Crippen LogP contribution in [-0.2, 0) is 4.74 Å². The number of nitrogens with zero attached hydrogens (tertiary/aromatic N) is 5. The van der Waals surface area contributed by atoms with Crippen molar-refractivity contribution in [1.82, 2.24) is 9.97 Å². The molecule has 1 N–H and O–H groups in total. The lowest BCUT2D eigenvalue weighted by Gasteiger charge is -2.36. The molecule has 0 radical (unpaired) electrons. The second kappa shape index (κ2) is 10.1. The second-order valence-electron chi connectivity index (χ2n) is 7.53. The van der Waals surface area contributed by atoms with Crippen LogP contribution in [0.25, 0.3) is 0 Å². The van der Waals surface area contributed by atoms with Gasteiger partial charge in [0.15, 0.2) is 0 Å². The molecule has 1 saturated heterocycles. The van der Waals surface area contributed by atoms with Gasteiger partial charge in [0, 0.05) is 37.6 Å². The minimum Gasteiger partial charge on any atom is -0.462 e. The first-order chi connectivity index (χ1) is 16.5. The third-order valence-electron chi connectivity index (χ3n) is 5.39. The molecule has 10 nitrogen and oxygen atoms in total. The van der Waals surface area contributed by atoms with Crippen LogP contribution in [0.4, 0.5) is 33.1 Å². The number of carbonyl (C=O) groups is 1. The summed E-state index contributed by atoms with van der Waals surface area (Å²) in [5, 5.41) is 14.9. The average Bonchev–Trinajstić information content (AvgIpc) is 2.85. The molecule has 176 valence electrons. The van der Waals surface area contributed by atoms with Gasteiger partial charge in [0.25, 0.3) is 0 Å². The first-order valence-electron chi connectivity index (χ1n) is 10.8. The fraction of sp³-hybridized carbons (Fsp3) is 0.261. The van der Waals surface area contributed by atoms with Gasteiger partial charge in [0.05, 0.1) is 17.1 Å². The van der Waals surface area contributed by atoms with E-state index in [0.717, 1.165) is 5.69 Å². The van der Waals surface area contributed by atoms with Crippen molar-refractivity contribution in [3.05, 3.63) is 76.4 Å². The maximum absolute atomic E-state index is 13.2. The summed E-state index contributed by atoms with van der Waals surface area (Å²) in [6.45, 7) is 4.13. The average molecular weight is 466 g/mol. The second-order valence-corrected chi connectivity index (χ2v) is 7.53. The topological polar surface area (TPSA) is 114 Å². The Kier molecular flexibility index (Phi) is 6.81. The van der Waals surface area contributed by atoms with Gasteiger partial charge in [-0.05, 0) is 49.4 Å². The molecule has 11 heteroatoms. The number of anilines is 4. The zero-order valence-corrected chi connectivity index (χ0v) is 18.5. The van der Waals surface area contributed by atoms with E-state index in [0.29, 0.717) is 37.4 Å². The molecule has 4 rings (SSSR count). The standard InChI is InChI=1S/C23H23FN6O4/c1-2-34-23(31)16-4-3-5-18(14-16)27-21-20(30(32)33)22(26-15-25-21)29-12-10-28(11-13-29)19-8-6-17(24)7-9-19/h3-9,14-15H,2,10-13H2,1H3,(H,25,26,27). The summed E-state index contributed by atoms with van der Waals surface area (Å²) in [6.07, 6.45) is 1.27. The Morgan fingerprint density at radius 1 is 1.12 bits per heavy atom. The van der Waals surface area contributed by atoms with E-state index < -0.39 is 10.9 Å². The maximum atomic E-state index is 13.2. The number of rotatable bonds is 7. The molecule has 2 heterocycles. The van der Waals surface area contributed by atoms with Crippen LogP contribution in [0.15, 0.2) is 54.9 Å². The Bertz CT molecular complexity index is 1180. The summed E-state index contributed by atoms with van der Waals surface area (Å²) >= 11 is 0. The molecule has 1 fully saturated rings. The van der Waals surface area contributed by atoms with E-state index in [-0.39, 0.29) is 29.7 Å². The van der Waals surface area contributed by atoms with Gasteiger partial charge in [-0.3, -0.25) is 10.1 Å². The highest BCUT2D eigenvalue weighted by atomic mass is 19.1. The van der Waals surface area contributed by atoms with Gasteiger partial charge < -0.3 is 19.9 Å². The Hall–Kier alpha value is -4.28. The molecular weight excluding hydrogens is 443 g/mol. The van der Waals surface area contributed by atoms with Gasteiger partial charge in [0.2, 0.25) is 11.6 Å². The summed E-state index contributed by atoms with van der Waals surface area (Å²) in [4.78, 5) is 35.7. The van der Waals surface area contributed by atoms with E-state index in [1.165, 1.54) is 18.5 Å². The van der Waals surface area contributed by atoms with Crippen LogP contribution in [0.3, 0.4) is 0 Å². The van der Waals surface area contributed by atoms with Crippen LogP contribution >= 0.6 is 0 Å². The van der Waals surface area contributed by atoms with Crippen molar-refractivity contribution in [3.63, 3.8) is 0 Å². The minimum absolute atomic E-state index is 0.0250. The van der Waals surface area contributed by atoms with E-state index in [4.69, 9.17) is 4.74 Å². The molecule has 0 spiro atoms. The maximum Gasteiger partial charge on any atom is 0.353 e. The van der Waals surface area contributed by atoms with Crippen molar-refractivity contribution in [2.75, 3.05) is 47.9 Å². The van der Waals surface area contributed by atoms with Crippen LogP contribution in [-0.4, -0.2) is 53.6 Å². The van der Waals surface area contributed by atoms with Gasteiger partial charge in [-0.25, -0.2) is 19.2 Å². The molecule has 2 aromatic carbocycles. The SMILES string of the molecule is CCOC(=O)c1cccc(Nc2ncnc(N3CCN(c4ccc(F)cc4)CC3)c2[N+](=O)[O-])c1. The molecule has 0 bridgehead atoms. The van der Waals surface area contributed by atoms with Crippen LogP contribution in [0.1, 0.15) is 17.3 Å². The van der Waals surface area contributed by atoms with Gasteiger partial charge in [-0.15, -0.1) is 0 Å². The zero-order chi connectivity index (χ0) is 24.1. The van der Waals surface area contributed by atoms with Gasteiger partial charge in [-0.1, -0.05) is 6.07 Å². The van der Waals surface area contributed by atoms with Crippen molar-refractivity contribution >= 4 is 34.7 Å². The highest BCUT2D eigenvalue weighted by Crippen LogP contribution is 2.34. The number of hydrogen-bond donors (Lipinski definition) is 1. The lowest BCUT2D eigenvalue weighted by molar-refractivity contribution is -0.383. The van der Waals surface area contributed by atoms with Gasteiger partial charge in [-0.2, -0.15) is 0 Å². The molecular formula is C23H23FN6O4. The zero-order valence-electron chi connectivity index (χ0n) is 18.5. The molecule has 0 saturated carbocycles. The normalized spacial score (nSPS) is 13.5. The number of nitro groups is 1. The van der Waals surface area contributed by atoms with Crippen molar-refractivity contribution < 1.29 is 18.8 Å². The van der Waals surface area contributed by atoms with E-state index in [1.54, 1.807) is 43.3 Å². The molecule has 0 unspecified atom stereocenters. The van der Waals surface area contributed by atoms with E-state index in [9.17, 15) is 19.3 Å². The third-order valence-corrected chi connectivity index (χ3v) is 5.39. The molecule has 1 aliphatic heterocycles. The summed E-state index contributed by atoms with van der Waals surface area (Å²) < 4.78 is 18.2. The van der Waals surface area contributed by atoms with Crippen LogP contribution < -0.4 is 15.1 Å². The predicted octanol–water partition coefficient (Wildman–Crippen LogP) is 3.77. The van der Waals surface area contributed by atoms with Crippen molar-refractivity contribution in [2.24, 2.45) is 0 Å². The fourth-order valence-corrected chi connectivity index (χ4v) is 3.76. The highest BCUT2D eigenvalue weighted by molar-refractivity contribution is 5.91. The number of ether oxygens (including phenoxy) is 1. The minimum atomic E-state index is -0.515. The predicted molar refractivity (Wildman–Crippen MR) is 125 cm³/mol. The molecule has 0 amide bonds. The summed E-state index contributed by atoms with van der Waals surface area (Å²) in [6, 6.07) is 12.7.